The van der Waals surface area contributed by atoms with Crippen LogP contribution in [0, 0.1) is 0 Å². The number of hydrogen-bond donors (Lipinski definition) is 0. The predicted molar refractivity (Wildman–Crippen MR) is 39.3 cm³/mol. The lowest BCUT2D eigenvalue weighted by atomic mass is 10.3. The Morgan fingerprint density at radius 1 is 1.20 bits per heavy atom. The molecule has 0 atom stereocenters. The van der Waals surface area contributed by atoms with E-state index < -0.39 is 0 Å². The molecule has 60 valence electrons. The lowest BCUT2D eigenvalue weighted by Crippen LogP contribution is -2.36. The molecule has 10 heavy (non-hydrogen) atoms. The molecular weight excluding hydrogens is 130 g/mol. The predicted octanol–water partition coefficient (Wildman–Crippen LogP) is 1.19. The van der Waals surface area contributed by atoms with Gasteiger partial charge in [0.25, 0.3) is 0 Å². The molecule has 0 aromatic carbocycles. The van der Waals surface area contributed by atoms with Crippen molar-refractivity contribution in [3.8, 4) is 0 Å². The van der Waals surface area contributed by atoms with Gasteiger partial charge in [-0.1, -0.05) is 0 Å². The van der Waals surface area contributed by atoms with E-state index >= 15 is 0 Å². The number of rotatable bonds is 4. The third-order valence-corrected chi connectivity index (χ3v) is 1.18. The summed E-state index contributed by atoms with van der Waals surface area (Å²) >= 11 is 0. The van der Waals surface area contributed by atoms with E-state index in [1.807, 2.05) is 27.7 Å². The van der Waals surface area contributed by atoms with Gasteiger partial charge in [-0.05, 0) is 27.7 Å². The Labute approximate surface area is 61.9 Å². The van der Waals surface area contributed by atoms with Crippen molar-refractivity contribution >= 4 is 6.47 Å². The maximum atomic E-state index is 9.96. The van der Waals surface area contributed by atoms with Crippen LogP contribution in [0.25, 0.3) is 0 Å². The summed E-state index contributed by atoms with van der Waals surface area (Å²) in [6, 6.07) is 0.482. The van der Waals surface area contributed by atoms with Crippen molar-refractivity contribution in [2.24, 2.45) is 0 Å². The molecule has 0 unspecified atom stereocenters. The SMILES string of the molecule is CC(C)N(OC=O)C(C)C. The van der Waals surface area contributed by atoms with Crippen molar-refractivity contribution in [2.45, 2.75) is 39.8 Å². The van der Waals surface area contributed by atoms with Crippen molar-refractivity contribution in [3.05, 3.63) is 0 Å². The van der Waals surface area contributed by atoms with Gasteiger partial charge in [0.15, 0.2) is 0 Å². The first-order chi connectivity index (χ1) is 4.59. The fourth-order valence-electron chi connectivity index (χ4n) is 0.889. The summed E-state index contributed by atoms with van der Waals surface area (Å²) in [6.45, 7) is 8.36. The van der Waals surface area contributed by atoms with Crippen LogP contribution in [-0.4, -0.2) is 23.6 Å². The summed E-state index contributed by atoms with van der Waals surface area (Å²) in [4.78, 5) is 14.7. The zero-order valence-corrected chi connectivity index (χ0v) is 7.00. The molecule has 0 aromatic rings. The topological polar surface area (TPSA) is 29.5 Å². The first-order valence-corrected chi connectivity index (χ1v) is 3.48. The van der Waals surface area contributed by atoms with Crippen molar-refractivity contribution < 1.29 is 9.63 Å². The lowest BCUT2D eigenvalue weighted by molar-refractivity contribution is -0.193. The average Bonchev–Trinajstić information content (AvgIpc) is 1.81. The molecule has 0 bridgehead atoms. The Kier molecular flexibility index (Phi) is 4.03. The zero-order chi connectivity index (χ0) is 8.15. The van der Waals surface area contributed by atoms with E-state index in [-0.39, 0.29) is 12.1 Å². The number of carbonyl (C=O) groups excluding carboxylic acids is 1. The van der Waals surface area contributed by atoms with E-state index in [0.717, 1.165) is 0 Å². The molecule has 0 aliphatic rings. The van der Waals surface area contributed by atoms with E-state index in [4.69, 9.17) is 4.84 Å². The van der Waals surface area contributed by atoms with Gasteiger partial charge in [0.05, 0.1) is 0 Å². The van der Waals surface area contributed by atoms with Crippen LogP contribution in [0.4, 0.5) is 0 Å². The Bertz CT molecular complexity index is 93.8. The molecule has 0 aliphatic heterocycles. The van der Waals surface area contributed by atoms with Crippen LogP contribution in [0.15, 0.2) is 0 Å². The Morgan fingerprint density at radius 3 is 1.70 bits per heavy atom. The molecule has 0 heterocycles. The fourth-order valence-corrected chi connectivity index (χ4v) is 0.889. The quantitative estimate of drug-likeness (QED) is 0.439. The second-order valence-electron chi connectivity index (χ2n) is 2.75. The molecule has 0 radical (unpaired) electrons. The smallest absolute Gasteiger partial charge is 0.313 e. The minimum Gasteiger partial charge on any atom is -0.370 e. The minimum atomic E-state index is 0.241. The van der Waals surface area contributed by atoms with Crippen LogP contribution < -0.4 is 0 Å². The molecule has 0 aromatic heterocycles. The van der Waals surface area contributed by atoms with Crippen molar-refractivity contribution in [3.63, 3.8) is 0 Å². The molecule has 0 saturated heterocycles. The number of hydrogen-bond acceptors (Lipinski definition) is 3. The third-order valence-electron chi connectivity index (χ3n) is 1.18. The van der Waals surface area contributed by atoms with Gasteiger partial charge >= 0.3 is 6.47 Å². The van der Waals surface area contributed by atoms with Crippen molar-refractivity contribution in [2.75, 3.05) is 0 Å². The highest BCUT2D eigenvalue weighted by Gasteiger charge is 2.13. The zero-order valence-electron chi connectivity index (χ0n) is 7.00. The molecule has 0 N–H and O–H groups in total. The van der Waals surface area contributed by atoms with E-state index in [1.165, 1.54) is 0 Å². The van der Waals surface area contributed by atoms with Gasteiger partial charge in [-0.25, -0.2) is 0 Å². The molecule has 0 fully saturated rings. The summed E-state index contributed by atoms with van der Waals surface area (Å²) in [5, 5.41) is 1.65. The molecular formula is C7H15NO2. The Hall–Kier alpha value is -0.570. The van der Waals surface area contributed by atoms with Gasteiger partial charge in [-0.3, -0.25) is 4.79 Å². The summed E-state index contributed by atoms with van der Waals surface area (Å²) in [6.07, 6.45) is 0. The Balaban J connectivity index is 3.84. The lowest BCUT2D eigenvalue weighted by Gasteiger charge is -2.26. The number of nitrogens with zero attached hydrogens (tertiary/aromatic N) is 1. The monoisotopic (exact) mass is 145 g/mol. The number of hydroxylamine groups is 2. The normalized spacial score (nSPS) is 11.1. The van der Waals surface area contributed by atoms with Gasteiger partial charge in [0, 0.05) is 12.1 Å². The highest BCUT2D eigenvalue weighted by Crippen LogP contribution is 2.03. The first-order valence-electron chi connectivity index (χ1n) is 3.48. The van der Waals surface area contributed by atoms with Gasteiger partial charge in [-0.15, -0.1) is 5.06 Å². The van der Waals surface area contributed by atoms with Crippen LogP contribution in [0.1, 0.15) is 27.7 Å². The molecule has 3 nitrogen and oxygen atoms in total. The van der Waals surface area contributed by atoms with Crippen LogP contribution in [0.5, 0.6) is 0 Å². The first kappa shape index (κ1) is 9.43. The summed E-state index contributed by atoms with van der Waals surface area (Å²) in [5.74, 6) is 0. The van der Waals surface area contributed by atoms with Crippen LogP contribution >= 0.6 is 0 Å². The van der Waals surface area contributed by atoms with E-state index in [2.05, 4.69) is 0 Å². The van der Waals surface area contributed by atoms with Crippen LogP contribution in [0.2, 0.25) is 0 Å². The highest BCUT2D eigenvalue weighted by atomic mass is 16.7. The Morgan fingerprint density at radius 2 is 1.60 bits per heavy atom. The fraction of sp³-hybridized carbons (Fsp3) is 0.857. The second-order valence-corrected chi connectivity index (χ2v) is 2.75. The largest absolute Gasteiger partial charge is 0.370 e. The van der Waals surface area contributed by atoms with Crippen molar-refractivity contribution in [1.82, 2.24) is 5.06 Å². The third kappa shape index (κ3) is 2.82. The van der Waals surface area contributed by atoms with Gasteiger partial charge in [-0.2, -0.15) is 0 Å². The molecule has 0 spiro atoms. The van der Waals surface area contributed by atoms with Gasteiger partial charge in [0.2, 0.25) is 0 Å². The van der Waals surface area contributed by atoms with Crippen molar-refractivity contribution in [1.29, 1.82) is 0 Å². The molecule has 0 rings (SSSR count). The van der Waals surface area contributed by atoms with Gasteiger partial charge in [0.1, 0.15) is 0 Å². The molecule has 0 saturated carbocycles. The highest BCUT2D eigenvalue weighted by molar-refractivity contribution is 5.36. The van der Waals surface area contributed by atoms with Crippen LogP contribution in [0.3, 0.4) is 0 Å². The van der Waals surface area contributed by atoms with E-state index in [9.17, 15) is 4.79 Å². The average molecular weight is 145 g/mol. The minimum absolute atomic E-state index is 0.241. The maximum absolute atomic E-state index is 9.96. The standard InChI is InChI=1S/C7H15NO2/c1-6(2)8(7(3)4)10-5-9/h5-7H,1-4H3. The van der Waals surface area contributed by atoms with Gasteiger partial charge < -0.3 is 4.84 Å². The maximum Gasteiger partial charge on any atom is 0.313 e. The number of carbonyl (C=O) groups is 1. The molecule has 3 heteroatoms. The second kappa shape index (κ2) is 4.28. The summed E-state index contributed by atoms with van der Waals surface area (Å²) < 4.78 is 0. The van der Waals surface area contributed by atoms with E-state index in [0.29, 0.717) is 6.47 Å². The summed E-state index contributed by atoms with van der Waals surface area (Å²) in [5.41, 5.74) is 0. The molecule has 0 amide bonds. The van der Waals surface area contributed by atoms with E-state index in [1.54, 1.807) is 5.06 Å². The summed E-state index contributed by atoms with van der Waals surface area (Å²) in [7, 11) is 0. The van der Waals surface area contributed by atoms with Crippen LogP contribution in [-0.2, 0) is 9.63 Å². The molecule has 0 aliphatic carbocycles.